The summed E-state index contributed by atoms with van der Waals surface area (Å²) in [5, 5.41) is 13.6. The molecule has 0 radical (unpaired) electrons. The van der Waals surface area contributed by atoms with E-state index in [1.165, 1.54) is 43.7 Å². The Hall–Kier alpha value is -7.63. The first-order valence-corrected chi connectivity index (χ1v) is 18.7. The predicted molar refractivity (Wildman–Crippen MR) is 234 cm³/mol. The Bertz CT molecular complexity index is 3120. The van der Waals surface area contributed by atoms with E-state index >= 15 is 0 Å². The van der Waals surface area contributed by atoms with Crippen LogP contribution in [0, 0.1) is 5.41 Å². The molecule has 0 saturated carbocycles. The molecule has 0 atom stereocenters. The van der Waals surface area contributed by atoms with Gasteiger partial charge in [0.25, 0.3) is 0 Å². The summed E-state index contributed by atoms with van der Waals surface area (Å²) in [7, 11) is 0. The Labute approximate surface area is 324 Å². The maximum Gasteiger partial charge on any atom is 0.161 e. The molecule has 0 unspecified atom stereocenters. The van der Waals surface area contributed by atoms with Gasteiger partial charge in [-0.2, -0.15) is 0 Å². The number of hydrogen-bond donors (Lipinski definition) is 1. The normalized spacial score (nSPS) is 12.0. The van der Waals surface area contributed by atoms with E-state index in [2.05, 4.69) is 137 Å². The maximum atomic E-state index is 8.75. The predicted octanol–water partition coefficient (Wildman–Crippen LogP) is 12.4. The van der Waals surface area contributed by atoms with Crippen molar-refractivity contribution in [3.8, 4) is 22.5 Å². The first-order valence-electron chi connectivity index (χ1n) is 18.7. The van der Waals surface area contributed by atoms with Crippen molar-refractivity contribution < 1.29 is 0 Å². The van der Waals surface area contributed by atoms with Gasteiger partial charge < -0.3 is 9.13 Å². The SMILES string of the molecule is N=C(/N=C(\N=C\c1ccccc1)c1ccc(-n2c3ccccc3c3cc(-c4ccc5c(c4)c4ccccc4n5-c4ccccc4)ccc32)cc1)c1ccccc1. The van der Waals surface area contributed by atoms with Gasteiger partial charge in [-0.3, -0.25) is 5.41 Å². The van der Waals surface area contributed by atoms with E-state index in [0.717, 1.165) is 39.1 Å². The molecule has 1 N–H and O–H groups in total. The van der Waals surface area contributed by atoms with Crippen molar-refractivity contribution in [3.63, 3.8) is 0 Å². The van der Waals surface area contributed by atoms with Gasteiger partial charge in [-0.05, 0) is 89.5 Å². The van der Waals surface area contributed by atoms with E-state index in [9.17, 15) is 0 Å². The molecule has 0 spiro atoms. The van der Waals surface area contributed by atoms with Crippen LogP contribution in [0.15, 0.2) is 210 Å². The number of fused-ring (bicyclic) bond motifs is 6. The van der Waals surface area contributed by atoms with Crippen LogP contribution in [0.3, 0.4) is 0 Å². The number of benzene rings is 8. The van der Waals surface area contributed by atoms with E-state index in [-0.39, 0.29) is 5.84 Å². The summed E-state index contributed by atoms with van der Waals surface area (Å²) in [6.07, 6.45) is 1.80. The lowest BCUT2D eigenvalue weighted by Gasteiger charge is -2.10. The topological polar surface area (TPSA) is 58.4 Å². The van der Waals surface area contributed by atoms with Crippen molar-refractivity contribution in [2.75, 3.05) is 0 Å². The van der Waals surface area contributed by atoms with Crippen molar-refractivity contribution in [2.45, 2.75) is 0 Å². The van der Waals surface area contributed by atoms with Gasteiger partial charge in [-0.1, -0.05) is 127 Å². The van der Waals surface area contributed by atoms with Gasteiger partial charge in [-0.25, -0.2) is 9.98 Å². The first-order chi connectivity index (χ1) is 27.7. The van der Waals surface area contributed by atoms with Crippen LogP contribution in [0.2, 0.25) is 0 Å². The number of aliphatic imine (C=N–C) groups is 2. The summed E-state index contributed by atoms with van der Waals surface area (Å²) >= 11 is 0. The van der Waals surface area contributed by atoms with Crippen LogP contribution < -0.4 is 0 Å². The summed E-state index contributed by atoms with van der Waals surface area (Å²) in [6.45, 7) is 0. The fraction of sp³-hybridized carbons (Fsp3) is 0. The third-order valence-corrected chi connectivity index (χ3v) is 10.5. The third-order valence-electron chi connectivity index (χ3n) is 10.5. The van der Waals surface area contributed by atoms with Crippen LogP contribution in [0.1, 0.15) is 16.7 Å². The third kappa shape index (κ3) is 5.88. The van der Waals surface area contributed by atoms with Gasteiger partial charge in [-0.15, -0.1) is 0 Å². The summed E-state index contributed by atoms with van der Waals surface area (Å²) in [5.41, 5.74) is 11.7. The van der Waals surface area contributed by atoms with Crippen LogP contribution in [0.4, 0.5) is 0 Å². The van der Waals surface area contributed by atoms with Crippen LogP contribution in [-0.2, 0) is 0 Å². The summed E-state index contributed by atoms with van der Waals surface area (Å²) < 4.78 is 4.68. The molecule has 5 heteroatoms. The molecule has 2 heterocycles. The average Bonchev–Trinajstić information content (AvgIpc) is 3.78. The Morgan fingerprint density at radius 2 is 0.875 bits per heavy atom. The highest BCUT2D eigenvalue weighted by Gasteiger charge is 2.16. The van der Waals surface area contributed by atoms with Crippen LogP contribution >= 0.6 is 0 Å². The smallest absolute Gasteiger partial charge is 0.161 e. The van der Waals surface area contributed by atoms with E-state index in [4.69, 9.17) is 15.4 Å². The van der Waals surface area contributed by atoms with Crippen LogP contribution in [0.25, 0.3) is 66.1 Å². The number of amidine groups is 2. The van der Waals surface area contributed by atoms with Gasteiger partial charge >= 0.3 is 0 Å². The fourth-order valence-electron chi connectivity index (χ4n) is 7.81. The molecule has 0 aliphatic carbocycles. The zero-order chi connectivity index (χ0) is 37.4. The average molecular weight is 718 g/mol. The zero-order valence-electron chi connectivity index (χ0n) is 30.4. The molecule has 2 aromatic heterocycles. The van der Waals surface area contributed by atoms with Crippen molar-refractivity contribution in [1.29, 1.82) is 5.41 Å². The molecule has 8 aromatic carbocycles. The molecule has 56 heavy (non-hydrogen) atoms. The number of aromatic nitrogens is 2. The number of hydrogen-bond acceptors (Lipinski definition) is 1. The van der Waals surface area contributed by atoms with Gasteiger partial charge in [0.15, 0.2) is 11.7 Å². The first kappa shape index (κ1) is 33.0. The minimum atomic E-state index is 0.161. The Balaban J connectivity index is 1.05. The highest BCUT2D eigenvalue weighted by Crippen LogP contribution is 2.38. The Morgan fingerprint density at radius 1 is 0.411 bits per heavy atom. The highest BCUT2D eigenvalue weighted by atomic mass is 15.0. The molecule has 0 aliphatic rings. The van der Waals surface area contributed by atoms with Gasteiger partial charge in [0.05, 0.1) is 22.1 Å². The van der Waals surface area contributed by atoms with Gasteiger partial charge in [0.1, 0.15) is 0 Å². The summed E-state index contributed by atoms with van der Waals surface area (Å²) in [6, 6.07) is 69.4. The van der Waals surface area contributed by atoms with Crippen molar-refractivity contribution in [1.82, 2.24) is 9.13 Å². The van der Waals surface area contributed by atoms with Crippen molar-refractivity contribution in [2.24, 2.45) is 9.98 Å². The Morgan fingerprint density at radius 3 is 1.45 bits per heavy atom. The van der Waals surface area contributed by atoms with Gasteiger partial charge in [0.2, 0.25) is 0 Å². The van der Waals surface area contributed by atoms with E-state index in [0.29, 0.717) is 5.84 Å². The summed E-state index contributed by atoms with van der Waals surface area (Å²) in [5.74, 6) is 0.638. The lowest BCUT2D eigenvalue weighted by molar-refractivity contribution is 1.18. The molecule has 0 amide bonds. The lowest BCUT2D eigenvalue weighted by Crippen LogP contribution is -2.05. The maximum absolute atomic E-state index is 8.75. The molecule has 10 rings (SSSR count). The lowest BCUT2D eigenvalue weighted by atomic mass is 10.0. The molecule has 5 nitrogen and oxygen atoms in total. The molecule has 264 valence electrons. The quantitative estimate of drug-likeness (QED) is 0.132. The van der Waals surface area contributed by atoms with E-state index < -0.39 is 0 Å². The van der Waals surface area contributed by atoms with Crippen molar-refractivity contribution >= 4 is 61.5 Å². The summed E-state index contributed by atoms with van der Waals surface area (Å²) in [4.78, 5) is 9.50. The molecule has 10 aromatic rings. The molecule has 0 saturated heterocycles. The monoisotopic (exact) mass is 717 g/mol. The second kappa shape index (κ2) is 14.0. The molecule has 0 bridgehead atoms. The minimum absolute atomic E-state index is 0.161. The second-order valence-corrected chi connectivity index (χ2v) is 13.9. The number of nitrogens with zero attached hydrogens (tertiary/aromatic N) is 4. The molecular formula is C51H35N5. The fourth-order valence-corrected chi connectivity index (χ4v) is 7.81. The van der Waals surface area contributed by atoms with Crippen molar-refractivity contribution in [3.05, 3.63) is 217 Å². The van der Waals surface area contributed by atoms with E-state index in [1.807, 2.05) is 72.8 Å². The van der Waals surface area contributed by atoms with Crippen LogP contribution in [-0.4, -0.2) is 27.0 Å². The number of rotatable bonds is 6. The Kier molecular flexibility index (Phi) is 8.23. The molecular weight excluding hydrogens is 683 g/mol. The zero-order valence-corrected chi connectivity index (χ0v) is 30.4. The largest absolute Gasteiger partial charge is 0.309 e. The highest BCUT2D eigenvalue weighted by molar-refractivity contribution is 6.14. The minimum Gasteiger partial charge on any atom is -0.309 e. The van der Waals surface area contributed by atoms with Crippen LogP contribution in [0.5, 0.6) is 0 Å². The standard InChI is InChI=1S/C51H35N5/c52-50(36-16-6-2-7-17-36)54-51(53-34-35-14-4-1-5-15-35)37-24-28-41(29-25-37)56-47-23-13-11-21-43(47)45-33-39(27-31-49(45)56)38-26-30-48-44(32-38)42-20-10-12-22-46(42)55(48)40-18-8-3-9-19-40/h1-34,52H/b52-50?,53-34+,54-51-. The van der Waals surface area contributed by atoms with E-state index in [1.54, 1.807) is 6.21 Å². The molecule has 0 fully saturated rings. The molecule has 0 aliphatic heterocycles. The number of para-hydroxylation sites is 3. The van der Waals surface area contributed by atoms with Gasteiger partial charge in [0, 0.05) is 50.3 Å². The second-order valence-electron chi connectivity index (χ2n) is 13.9. The number of nitrogens with one attached hydrogen (secondary N) is 1.